The molecule has 1 aromatic carbocycles. The number of hydrogen-bond donors (Lipinski definition) is 1. The predicted octanol–water partition coefficient (Wildman–Crippen LogP) is 1.41. The molecule has 0 unspecified atom stereocenters. The number of carbonyl (C=O) groups is 2. The molecule has 0 radical (unpaired) electrons. The maximum Gasteiger partial charge on any atom is 0.494 e. The van der Waals surface area contributed by atoms with Crippen molar-refractivity contribution in [3.8, 4) is 0 Å². The first-order valence-electron chi connectivity index (χ1n) is 8.06. The van der Waals surface area contributed by atoms with Gasteiger partial charge in [-0.15, -0.1) is 0 Å². The molecule has 2 heterocycles. The van der Waals surface area contributed by atoms with Crippen molar-refractivity contribution in [3.63, 3.8) is 0 Å². The van der Waals surface area contributed by atoms with E-state index in [-0.39, 0.29) is 5.91 Å². The molecule has 1 N–H and O–H groups in total. The predicted molar refractivity (Wildman–Crippen MR) is 89.1 cm³/mol. The summed E-state index contributed by atoms with van der Waals surface area (Å²) in [6.07, 6.45) is 0. The third-order valence-corrected chi connectivity index (χ3v) is 5.32. The molecule has 1 amide bonds. The van der Waals surface area contributed by atoms with E-state index in [1.807, 2.05) is 39.8 Å². The van der Waals surface area contributed by atoms with Gasteiger partial charge < -0.3 is 19.3 Å². The van der Waals surface area contributed by atoms with Crippen LogP contribution >= 0.6 is 0 Å². The van der Waals surface area contributed by atoms with Crippen molar-refractivity contribution in [1.29, 1.82) is 0 Å². The average Bonchev–Trinajstić information content (AvgIpc) is 2.92. The highest BCUT2D eigenvalue weighted by Gasteiger charge is 2.52. The van der Waals surface area contributed by atoms with Crippen LogP contribution in [-0.4, -0.2) is 46.2 Å². The Kier molecular flexibility index (Phi) is 3.77. The fourth-order valence-electron chi connectivity index (χ4n) is 2.91. The van der Waals surface area contributed by atoms with E-state index in [0.717, 1.165) is 11.0 Å². The third-order valence-electron chi connectivity index (χ3n) is 5.32. The molecule has 1 fully saturated rings. The molecule has 0 aromatic heterocycles. The quantitative estimate of drug-likeness (QED) is 0.848. The largest absolute Gasteiger partial charge is 0.494 e. The van der Waals surface area contributed by atoms with Crippen LogP contribution in [0.5, 0.6) is 0 Å². The molecule has 0 spiro atoms. The van der Waals surface area contributed by atoms with Gasteiger partial charge in [-0.25, -0.2) is 4.79 Å². The van der Waals surface area contributed by atoms with E-state index in [9.17, 15) is 9.59 Å². The maximum absolute atomic E-state index is 12.5. The van der Waals surface area contributed by atoms with Crippen molar-refractivity contribution >= 4 is 24.5 Å². The molecule has 2 aliphatic rings. The standard InChI is InChI=1S/C17H22BNO5/c1-10(15(21)22)19-9-11-6-7-12(8-13(11)14(19)20)18-23-16(2,3)17(4,5)24-18/h6-8,10H,9H2,1-5H3,(H,21,22)/t10-/m0/s1. The molecule has 7 heteroatoms. The molecule has 24 heavy (non-hydrogen) atoms. The first kappa shape index (κ1) is 17.0. The number of fused-ring (bicyclic) bond motifs is 1. The highest BCUT2D eigenvalue weighted by atomic mass is 16.7. The van der Waals surface area contributed by atoms with Crippen LogP contribution in [0.2, 0.25) is 0 Å². The van der Waals surface area contributed by atoms with E-state index < -0.39 is 30.3 Å². The lowest BCUT2D eigenvalue weighted by Gasteiger charge is -2.32. The first-order valence-corrected chi connectivity index (χ1v) is 8.06. The molecular weight excluding hydrogens is 309 g/mol. The fraction of sp³-hybridized carbons (Fsp3) is 0.529. The van der Waals surface area contributed by atoms with E-state index in [4.69, 9.17) is 14.4 Å². The second kappa shape index (κ2) is 5.32. The molecule has 0 aliphatic carbocycles. The molecule has 6 nitrogen and oxygen atoms in total. The van der Waals surface area contributed by atoms with Crippen LogP contribution in [0.4, 0.5) is 0 Å². The zero-order valence-electron chi connectivity index (χ0n) is 14.6. The summed E-state index contributed by atoms with van der Waals surface area (Å²) in [5.41, 5.74) is 1.21. The number of nitrogens with zero attached hydrogens (tertiary/aromatic N) is 1. The molecule has 1 saturated heterocycles. The van der Waals surface area contributed by atoms with E-state index >= 15 is 0 Å². The van der Waals surface area contributed by atoms with E-state index in [0.29, 0.717) is 12.1 Å². The summed E-state index contributed by atoms with van der Waals surface area (Å²) in [7, 11) is -0.543. The SMILES string of the molecule is C[C@@H](C(=O)O)N1Cc2ccc(B3OC(C)(C)C(C)(C)O3)cc2C1=O. The molecule has 0 saturated carbocycles. The zero-order valence-corrected chi connectivity index (χ0v) is 14.6. The van der Waals surface area contributed by atoms with Gasteiger partial charge in [-0.2, -0.15) is 0 Å². The van der Waals surface area contributed by atoms with E-state index in [1.54, 1.807) is 6.07 Å². The van der Waals surface area contributed by atoms with Gasteiger partial charge >= 0.3 is 13.1 Å². The number of hydrogen-bond acceptors (Lipinski definition) is 4. The van der Waals surface area contributed by atoms with Crippen LogP contribution < -0.4 is 5.46 Å². The summed E-state index contributed by atoms with van der Waals surface area (Å²) in [6, 6.07) is 4.63. The van der Waals surface area contributed by atoms with Crippen LogP contribution in [0.25, 0.3) is 0 Å². The van der Waals surface area contributed by atoms with Gasteiger partial charge in [0.05, 0.1) is 11.2 Å². The summed E-state index contributed by atoms with van der Waals surface area (Å²) in [5, 5.41) is 9.15. The Labute approximate surface area is 141 Å². The lowest BCUT2D eigenvalue weighted by Crippen LogP contribution is -2.41. The summed E-state index contributed by atoms with van der Waals surface area (Å²) in [6.45, 7) is 9.72. The molecule has 2 aliphatic heterocycles. The van der Waals surface area contributed by atoms with Crippen LogP contribution in [0.15, 0.2) is 18.2 Å². The highest BCUT2D eigenvalue weighted by Crippen LogP contribution is 2.36. The minimum absolute atomic E-state index is 0.265. The fourth-order valence-corrected chi connectivity index (χ4v) is 2.91. The molecular formula is C17H22BNO5. The number of amides is 1. The summed E-state index contributed by atoms with van der Waals surface area (Å²) in [4.78, 5) is 25.1. The lowest BCUT2D eigenvalue weighted by molar-refractivity contribution is -0.141. The molecule has 1 atom stereocenters. The van der Waals surface area contributed by atoms with Crippen LogP contribution in [0.3, 0.4) is 0 Å². The van der Waals surface area contributed by atoms with Crippen molar-refractivity contribution in [2.75, 3.05) is 0 Å². The van der Waals surface area contributed by atoms with Gasteiger partial charge in [0.2, 0.25) is 0 Å². The van der Waals surface area contributed by atoms with Crippen molar-refractivity contribution < 1.29 is 24.0 Å². The Balaban J connectivity index is 1.88. The minimum atomic E-state index is -1.01. The third kappa shape index (κ3) is 2.52. The summed E-state index contributed by atoms with van der Waals surface area (Å²) < 4.78 is 12.0. The Morgan fingerprint density at radius 2 is 1.83 bits per heavy atom. The number of carboxylic acids is 1. The first-order chi connectivity index (χ1) is 11.0. The van der Waals surface area contributed by atoms with Gasteiger partial charge in [-0.3, -0.25) is 4.79 Å². The topological polar surface area (TPSA) is 76.1 Å². The highest BCUT2D eigenvalue weighted by molar-refractivity contribution is 6.62. The monoisotopic (exact) mass is 331 g/mol. The van der Waals surface area contributed by atoms with Crippen LogP contribution in [0.1, 0.15) is 50.5 Å². The van der Waals surface area contributed by atoms with Gasteiger partial charge in [0.25, 0.3) is 5.91 Å². The van der Waals surface area contributed by atoms with Crippen molar-refractivity contribution in [3.05, 3.63) is 29.3 Å². The Bertz CT molecular complexity index is 699. The van der Waals surface area contributed by atoms with Gasteiger partial charge in [0.15, 0.2) is 0 Å². The maximum atomic E-state index is 12.5. The van der Waals surface area contributed by atoms with Crippen molar-refractivity contribution in [2.45, 2.75) is 58.4 Å². The van der Waals surface area contributed by atoms with Gasteiger partial charge in [-0.1, -0.05) is 12.1 Å². The number of carbonyl (C=O) groups excluding carboxylic acids is 1. The van der Waals surface area contributed by atoms with Crippen molar-refractivity contribution in [1.82, 2.24) is 4.90 Å². The molecule has 1 aromatic rings. The zero-order chi connectivity index (χ0) is 17.9. The second-order valence-corrected chi connectivity index (χ2v) is 7.45. The number of carboxylic acid groups (broad SMARTS) is 1. The normalized spacial score (nSPS) is 22.6. The Morgan fingerprint density at radius 1 is 1.25 bits per heavy atom. The summed E-state index contributed by atoms with van der Waals surface area (Å²) >= 11 is 0. The van der Waals surface area contributed by atoms with E-state index in [1.165, 1.54) is 11.8 Å². The smallest absolute Gasteiger partial charge is 0.480 e. The van der Waals surface area contributed by atoms with Crippen molar-refractivity contribution in [2.24, 2.45) is 0 Å². The van der Waals surface area contributed by atoms with E-state index in [2.05, 4.69) is 0 Å². The average molecular weight is 331 g/mol. The van der Waals surface area contributed by atoms with Crippen LogP contribution in [0, 0.1) is 0 Å². The Hall–Kier alpha value is -1.86. The molecule has 0 bridgehead atoms. The number of rotatable bonds is 3. The second-order valence-electron chi connectivity index (χ2n) is 7.45. The molecule has 3 rings (SSSR count). The lowest BCUT2D eigenvalue weighted by atomic mass is 9.78. The van der Waals surface area contributed by atoms with Gasteiger partial charge in [-0.05, 0) is 51.7 Å². The number of aliphatic carboxylic acids is 1. The van der Waals surface area contributed by atoms with Crippen LogP contribution in [-0.2, 0) is 20.6 Å². The van der Waals surface area contributed by atoms with Gasteiger partial charge in [0, 0.05) is 12.1 Å². The van der Waals surface area contributed by atoms with Gasteiger partial charge in [0.1, 0.15) is 6.04 Å². The minimum Gasteiger partial charge on any atom is -0.480 e. The number of benzene rings is 1. The Morgan fingerprint density at radius 3 is 2.38 bits per heavy atom. The summed E-state index contributed by atoms with van der Waals surface area (Å²) in [5.74, 6) is -1.28. The molecule has 128 valence electrons.